The van der Waals surface area contributed by atoms with Crippen LogP contribution >= 0.6 is 0 Å². The minimum atomic E-state index is -0.519. The number of hydrogen-bond donors (Lipinski definition) is 2. The summed E-state index contributed by atoms with van der Waals surface area (Å²) in [6.07, 6.45) is 1.61. The van der Waals surface area contributed by atoms with Crippen molar-refractivity contribution in [3.05, 3.63) is 34.2 Å². The molecule has 1 amide bonds. The fourth-order valence-electron chi connectivity index (χ4n) is 1.31. The lowest BCUT2D eigenvalue weighted by atomic mass is 10.2. The Morgan fingerprint density at radius 1 is 1.60 bits per heavy atom. The average molecular weight is 209 g/mol. The quantitative estimate of drug-likeness (QED) is 0.712. The van der Waals surface area contributed by atoms with Crippen LogP contribution in [0.2, 0.25) is 0 Å². The first-order chi connectivity index (χ1) is 7.10. The number of likely N-dealkylation sites (N-methyl/N-ethyl adjacent to an activating group) is 1. The molecule has 0 bridgehead atoms. The van der Waals surface area contributed by atoms with Crippen LogP contribution in [0.4, 0.5) is 0 Å². The molecule has 1 unspecified atom stereocenters. The second-order valence-corrected chi connectivity index (χ2v) is 3.28. The number of aromatic nitrogens is 1. The number of amides is 1. The molecule has 0 fully saturated rings. The van der Waals surface area contributed by atoms with Crippen LogP contribution in [0, 0.1) is 0 Å². The number of pyridine rings is 1. The van der Waals surface area contributed by atoms with Gasteiger partial charge in [-0.15, -0.1) is 0 Å². The number of hydrogen-bond acceptors (Lipinski definition) is 3. The van der Waals surface area contributed by atoms with Crippen molar-refractivity contribution in [1.82, 2.24) is 9.88 Å². The molecule has 0 radical (unpaired) electrons. The molecule has 15 heavy (non-hydrogen) atoms. The Morgan fingerprint density at radius 3 is 2.80 bits per heavy atom. The Labute approximate surface area is 87.9 Å². The molecule has 1 rings (SSSR count). The highest BCUT2D eigenvalue weighted by molar-refractivity contribution is 5.79. The van der Waals surface area contributed by atoms with Crippen molar-refractivity contribution < 1.29 is 4.79 Å². The van der Waals surface area contributed by atoms with E-state index in [0.29, 0.717) is 6.54 Å². The number of rotatable bonds is 3. The Hall–Kier alpha value is -1.62. The van der Waals surface area contributed by atoms with Crippen LogP contribution in [0.15, 0.2) is 23.1 Å². The highest BCUT2D eigenvalue weighted by atomic mass is 16.2. The van der Waals surface area contributed by atoms with Crippen molar-refractivity contribution in [2.24, 2.45) is 5.73 Å². The van der Waals surface area contributed by atoms with Gasteiger partial charge in [-0.2, -0.15) is 0 Å². The summed E-state index contributed by atoms with van der Waals surface area (Å²) in [6.45, 7) is 2.02. The maximum Gasteiger partial charge on any atom is 0.251 e. The lowest BCUT2D eigenvalue weighted by Gasteiger charge is -2.14. The Morgan fingerprint density at radius 2 is 2.27 bits per heavy atom. The van der Waals surface area contributed by atoms with Gasteiger partial charge in [-0.25, -0.2) is 0 Å². The zero-order valence-corrected chi connectivity index (χ0v) is 8.86. The first-order valence-corrected chi connectivity index (χ1v) is 4.73. The molecular weight excluding hydrogens is 194 g/mol. The van der Waals surface area contributed by atoms with E-state index in [1.54, 1.807) is 19.2 Å². The third-order valence-electron chi connectivity index (χ3n) is 2.28. The number of carbonyl (C=O) groups excluding carboxylic acids is 1. The van der Waals surface area contributed by atoms with Crippen molar-refractivity contribution in [1.29, 1.82) is 0 Å². The van der Waals surface area contributed by atoms with Crippen molar-refractivity contribution in [2.75, 3.05) is 7.05 Å². The van der Waals surface area contributed by atoms with Gasteiger partial charge in [-0.05, 0) is 12.5 Å². The van der Waals surface area contributed by atoms with E-state index in [4.69, 9.17) is 5.73 Å². The van der Waals surface area contributed by atoms with E-state index in [2.05, 4.69) is 5.32 Å². The van der Waals surface area contributed by atoms with Gasteiger partial charge in [0.1, 0.15) is 6.04 Å². The SMILES string of the molecule is CNC(=O)C(C)n1cc(CN)ccc1=O. The zero-order chi connectivity index (χ0) is 11.4. The molecule has 0 saturated carbocycles. The second kappa shape index (κ2) is 4.75. The first kappa shape index (κ1) is 11.5. The summed E-state index contributed by atoms with van der Waals surface area (Å²) in [5, 5.41) is 2.50. The van der Waals surface area contributed by atoms with Crippen LogP contribution in [-0.4, -0.2) is 17.5 Å². The third-order valence-corrected chi connectivity index (χ3v) is 2.28. The molecular formula is C10H15N3O2. The number of nitrogens with zero attached hydrogens (tertiary/aromatic N) is 1. The van der Waals surface area contributed by atoms with Gasteiger partial charge in [0.05, 0.1) is 0 Å². The summed E-state index contributed by atoms with van der Waals surface area (Å²) >= 11 is 0. The minimum Gasteiger partial charge on any atom is -0.357 e. The fourth-order valence-corrected chi connectivity index (χ4v) is 1.31. The van der Waals surface area contributed by atoms with E-state index >= 15 is 0 Å². The topological polar surface area (TPSA) is 77.1 Å². The van der Waals surface area contributed by atoms with E-state index in [1.165, 1.54) is 17.7 Å². The maximum atomic E-state index is 11.5. The summed E-state index contributed by atoms with van der Waals surface area (Å²) in [4.78, 5) is 22.9. The summed E-state index contributed by atoms with van der Waals surface area (Å²) in [5.41, 5.74) is 6.08. The lowest BCUT2D eigenvalue weighted by Crippen LogP contribution is -2.33. The Bertz CT molecular complexity index is 411. The van der Waals surface area contributed by atoms with Gasteiger partial charge >= 0.3 is 0 Å². The van der Waals surface area contributed by atoms with Crippen LogP contribution in [-0.2, 0) is 11.3 Å². The third kappa shape index (κ3) is 2.44. The number of nitrogens with two attached hydrogens (primary N) is 1. The van der Waals surface area contributed by atoms with Gasteiger partial charge in [0.15, 0.2) is 0 Å². The summed E-state index contributed by atoms with van der Waals surface area (Å²) in [7, 11) is 1.54. The molecule has 0 aliphatic rings. The molecule has 1 atom stereocenters. The Balaban J connectivity index is 3.12. The predicted molar refractivity (Wildman–Crippen MR) is 57.4 cm³/mol. The molecule has 0 spiro atoms. The van der Waals surface area contributed by atoms with Crippen molar-refractivity contribution in [3.8, 4) is 0 Å². The number of carbonyl (C=O) groups is 1. The van der Waals surface area contributed by atoms with Crippen LogP contribution in [0.5, 0.6) is 0 Å². The smallest absolute Gasteiger partial charge is 0.251 e. The maximum absolute atomic E-state index is 11.5. The summed E-state index contributed by atoms with van der Waals surface area (Å²) in [5.74, 6) is -0.203. The van der Waals surface area contributed by atoms with E-state index in [1.807, 2.05) is 0 Å². The molecule has 3 N–H and O–H groups in total. The van der Waals surface area contributed by atoms with Gasteiger partial charge in [-0.1, -0.05) is 6.07 Å². The van der Waals surface area contributed by atoms with Gasteiger partial charge in [0.25, 0.3) is 5.56 Å². The average Bonchev–Trinajstić information content (AvgIpc) is 2.27. The van der Waals surface area contributed by atoms with Crippen LogP contribution < -0.4 is 16.6 Å². The van der Waals surface area contributed by atoms with Gasteiger partial charge < -0.3 is 15.6 Å². The largest absolute Gasteiger partial charge is 0.357 e. The second-order valence-electron chi connectivity index (χ2n) is 3.28. The summed E-state index contributed by atoms with van der Waals surface area (Å²) in [6, 6.07) is 2.56. The molecule has 5 heteroatoms. The number of nitrogens with one attached hydrogen (secondary N) is 1. The predicted octanol–water partition coefficient (Wildman–Crippen LogP) is -0.386. The molecule has 0 saturated heterocycles. The molecule has 0 aliphatic carbocycles. The molecule has 5 nitrogen and oxygen atoms in total. The highest BCUT2D eigenvalue weighted by Crippen LogP contribution is 2.03. The Kier molecular flexibility index (Phi) is 3.62. The molecule has 0 aliphatic heterocycles. The zero-order valence-electron chi connectivity index (χ0n) is 8.86. The molecule has 82 valence electrons. The highest BCUT2D eigenvalue weighted by Gasteiger charge is 2.13. The fraction of sp³-hybridized carbons (Fsp3) is 0.400. The van der Waals surface area contributed by atoms with Gasteiger partial charge in [0.2, 0.25) is 5.91 Å². The van der Waals surface area contributed by atoms with Crippen LogP contribution in [0.1, 0.15) is 18.5 Å². The van der Waals surface area contributed by atoms with E-state index < -0.39 is 6.04 Å². The standard InChI is InChI=1S/C10H15N3O2/c1-7(10(15)12-2)13-6-8(5-11)3-4-9(13)14/h3-4,6-7H,5,11H2,1-2H3,(H,12,15). The van der Waals surface area contributed by atoms with Crippen molar-refractivity contribution in [2.45, 2.75) is 19.5 Å². The van der Waals surface area contributed by atoms with E-state index in [0.717, 1.165) is 5.56 Å². The van der Waals surface area contributed by atoms with E-state index in [-0.39, 0.29) is 11.5 Å². The molecule has 1 heterocycles. The minimum absolute atomic E-state index is 0.203. The monoisotopic (exact) mass is 209 g/mol. The van der Waals surface area contributed by atoms with Crippen LogP contribution in [0.25, 0.3) is 0 Å². The molecule has 1 aromatic rings. The van der Waals surface area contributed by atoms with Gasteiger partial charge in [-0.3, -0.25) is 9.59 Å². The summed E-state index contributed by atoms with van der Waals surface area (Å²) < 4.78 is 1.38. The molecule has 0 aromatic carbocycles. The van der Waals surface area contributed by atoms with Crippen molar-refractivity contribution in [3.63, 3.8) is 0 Å². The lowest BCUT2D eigenvalue weighted by molar-refractivity contribution is -0.123. The van der Waals surface area contributed by atoms with Crippen molar-refractivity contribution >= 4 is 5.91 Å². The van der Waals surface area contributed by atoms with E-state index in [9.17, 15) is 9.59 Å². The molecule has 1 aromatic heterocycles. The normalized spacial score (nSPS) is 12.2. The van der Waals surface area contributed by atoms with Gasteiger partial charge in [0, 0.05) is 25.9 Å². The first-order valence-electron chi connectivity index (χ1n) is 4.73. The van der Waals surface area contributed by atoms with Crippen LogP contribution in [0.3, 0.4) is 0 Å².